The van der Waals surface area contributed by atoms with Gasteiger partial charge in [-0.3, -0.25) is 0 Å². The third kappa shape index (κ3) is 4.54. The molecule has 5 nitrogen and oxygen atoms in total. The molecular weight excluding hydrogens is 379 g/mol. The highest BCUT2D eigenvalue weighted by Gasteiger charge is 2.40. The molecule has 1 heterocycles. The fourth-order valence-corrected chi connectivity index (χ4v) is 3.29. The highest BCUT2D eigenvalue weighted by molar-refractivity contribution is 7.90. The van der Waals surface area contributed by atoms with Crippen LogP contribution in [0.5, 0.6) is 0 Å². The predicted octanol–water partition coefficient (Wildman–Crippen LogP) is 3.62. The number of nitrogens with one attached hydrogen (secondary N) is 1. The Kier molecular flexibility index (Phi) is 5.05. The van der Waals surface area contributed by atoms with E-state index in [4.69, 9.17) is 0 Å². The van der Waals surface area contributed by atoms with Gasteiger partial charge < -0.3 is 5.32 Å². The Labute approximate surface area is 154 Å². The zero-order chi connectivity index (χ0) is 19.7. The summed E-state index contributed by atoms with van der Waals surface area (Å²) in [7, 11) is -3.52. The summed E-state index contributed by atoms with van der Waals surface area (Å²) >= 11 is 0. The first-order chi connectivity index (χ1) is 12.6. The molecule has 142 valence electrons. The monoisotopic (exact) mass is 395 g/mol. The molecule has 0 amide bonds. The van der Waals surface area contributed by atoms with Crippen molar-refractivity contribution >= 4 is 26.6 Å². The van der Waals surface area contributed by atoms with Crippen LogP contribution in [-0.2, 0) is 16.3 Å². The van der Waals surface area contributed by atoms with Crippen molar-refractivity contribution in [2.45, 2.75) is 23.5 Å². The third-order valence-electron chi connectivity index (χ3n) is 4.02. The maximum absolute atomic E-state index is 13.6. The van der Waals surface area contributed by atoms with E-state index in [1.165, 1.54) is 18.2 Å². The number of aromatic nitrogens is 2. The van der Waals surface area contributed by atoms with Crippen LogP contribution in [-0.4, -0.2) is 36.9 Å². The summed E-state index contributed by atoms with van der Waals surface area (Å²) in [6.07, 6.45) is -2.65. The Balaban J connectivity index is 2.01. The van der Waals surface area contributed by atoms with E-state index in [0.29, 0.717) is 11.1 Å². The summed E-state index contributed by atoms with van der Waals surface area (Å²) in [5.41, 5.74) is 0.864. The summed E-state index contributed by atoms with van der Waals surface area (Å²) in [6.45, 7) is 0. The number of rotatable bonds is 5. The maximum atomic E-state index is 13.6. The minimum absolute atomic E-state index is 0.0144. The summed E-state index contributed by atoms with van der Waals surface area (Å²) < 4.78 is 64.2. The molecule has 0 spiro atoms. The van der Waals surface area contributed by atoms with Crippen molar-refractivity contribution in [3.8, 4) is 0 Å². The van der Waals surface area contributed by atoms with E-state index in [0.717, 1.165) is 12.6 Å². The first-order valence-corrected chi connectivity index (χ1v) is 9.86. The third-order valence-corrected chi connectivity index (χ3v) is 5.13. The van der Waals surface area contributed by atoms with E-state index in [2.05, 4.69) is 15.3 Å². The van der Waals surface area contributed by atoms with E-state index in [9.17, 15) is 21.6 Å². The molecule has 0 aliphatic heterocycles. The van der Waals surface area contributed by atoms with Crippen molar-refractivity contribution < 1.29 is 21.6 Å². The Bertz CT molecular complexity index is 1050. The van der Waals surface area contributed by atoms with Crippen LogP contribution in [0.25, 0.3) is 10.9 Å². The molecule has 0 fully saturated rings. The van der Waals surface area contributed by atoms with Crippen molar-refractivity contribution in [3.05, 3.63) is 60.4 Å². The molecule has 0 aliphatic rings. The molecular formula is C18H16F3N3O2S. The van der Waals surface area contributed by atoms with Crippen LogP contribution >= 0.6 is 0 Å². The topological polar surface area (TPSA) is 72.0 Å². The highest BCUT2D eigenvalue weighted by Crippen LogP contribution is 2.29. The van der Waals surface area contributed by atoms with Gasteiger partial charge in [0.25, 0.3) is 0 Å². The van der Waals surface area contributed by atoms with Crippen molar-refractivity contribution in [1.82, 2.24) is 9.97 Å². The van der Waals surface area contributed by atoms with E-state index >= 15 is 0 Å². The van der Waals surface area contributed by atoms with Crippen LogP contribution in [0.1, 0.15) is 5.56 Å². The lowest BCUT2D eigenvalue weighted by Crippen LogP contribution is -2.38. The van der Waals surface area contributed by atoms with Gasteiger partial charge in [0.05, 0.1) is 10.4 Å². The van der Waals surface area contributed by atoms with E-state index in [1.807, 2.05) is 0 Å². The molecule has 0 saturated heterocycles. The first kappa shape index (κ1) is 19.1. The van der Waals surface area contributed by atoms with Crippen LogP contribution in [0.4, 0.5) is 19.0 Å². The second-order valence-corrected chi connectivity index (χ2v) is 8.12. The molecule has 0 saturated carbocycles. The second-order valence-electron chi connectivity index (χ2n) is 6.10. The average Bonchev–Trinajstić information content (AvgIpc) is 2.60. The zero-order valence-electron chi connectivity index (χ0n) is 14.2. The SMILES string of the molecule is CS(=O)(=O)c1ccc2ncnc(N[C@H](Cc3ccccc3)C(F)(F)F)c2c1. The predicted molar refractivity (Wildman–Crippen MR) is 96.3 cm³/mol. The molecule has 27 heavy (non-hydrogen) atoms. The largest absolute Gasteiger partial charge is 0.408 e. The molecule has 9 heteroatoms. The molecule has 3 rings (SSSR count). The molecule has 0 aliphatic carbocycles. The Morgan fingerprint density at radius 3 is 2.41 bits per heavy atom. The van der Waals surface area contributed by atoms with Gasteiger partial charge in [-0.25, -0.2) is 18.4 Å². The fourth-order valence-electron chi connectivity index (χ4n) is 2.64. The Morgan fingerprint density at radius 1 is 1.07 bits per heavy atom. The number of benzene rings is 2. The van der Waals surface area contributed by atoms with Crippen LogP contribution in [0, 0.1) is 0 Å². The number of anilines is 1. The van der Waals surface area contributed by atoms with Crippen molar-refractivity contribution in [2.24, 2.45) is 0 Å². The molecule has 0 unspecified atom stereocenters. The summed E-state index contributed by atoms with van der Waals surface area (Å²) in [5.74, 6) is -0.0660. The lowest BCUT2D eigenvalue weighted by Gasteiger charge is -2.23. The van der Waals surface area contributed by atoms with Gasteiger partial charge in [0.2, 0.25) is 0 Å². The van der Waals surface area contributed by atoms with E-state index in [1.54, 1.807) is 30.3 Å². The van der Waals surface area contributed by atoms with Gasteiger partial charge in [0.1, 0.15) is 18.2 Å². The van der Waals surface area contributed by atoms with Gasteiger partial charge in [0, 0.05) is 18.1 Å². The first-order valence-electron chi connectivity index (χ1n) is 7.96. The van der Waals surface area contributed by atoms with Gasteiger partial charge in [-0.15, -0.1) is 0 Å². The van der Waals surface area contributed by atoms with Gasteiger partial charge >= 0.3 is 6.18 Å². The number of hydrogen-bond donors (Lipinski definition) is 1. The molecule has 0 bridgehead atoms. The molecule has 3 aromatic rings. The summed E-state index contributed by atoms with van der Waals surface area (Å²) in [4.78, 5) is 7.88. The van der Waals surface area contributed by atoms with Crippen LogP contribution in [0.15, 0.2) is 59.8 Å². The number of halogens is 3. The standard InChI is InChI=1S/C18H16F3N3O2S/c1-27(25,26)13-7-8-15-14(10-13)17(23-11-22-15)24-16(18(19,20)21)9-12-5-3-2-4-6-12/h2-8,10-11,16H,9H2,1H3,(H,22,23,24)/t16-/m1/s1. The van der Waals surface area contributed by atoms with E-state index in [-0.39, 0.29) is 22.5 Å². The summed E-state index contributed by atoms with van der Waals surface area (Å²) in [5, 5.41) is 2.63. The molecule has 1 N–H and O–H groups in total. The molecule has 2 aromatic carbocycles. The van der Waals surface area contributed by atoms with Crippen LogP contribution in [0.3, 0.4) is 0 Å². The lowest BCUT2D eigenvalue weighted by molar-refractivity contribution is -0.142. The smallest absolute Gasteiger partial charge is 0.358 e. The molecule has 0 radical (unpaired) electrons. The number of fused-ring (bicyclic) bond motifs is 1. The van der Waals surface area contributed by atoms with Crippen LogP contribution in [0.2, 0.25) is 0 Å². The Hall–Kier alpha value is -2.68. The van der Waals surface area contributed by atoms with Gasteiger partial charge in [-0.2, -0.15) is 13.2 Å². The quantitative estimate of drug-likeness (QED) is 0.715. The molecule has 1 aromatic heterocycles. The normalized spacial score (nSPS) is 13.5. The lowest BCUT2D eigenvalue weighted by atomic mass is 10.1. The number of hydrogen-bond acceptors (Lipinski definition) is 5. The minimum atomic E-state index is -4.53. The van der Waals surface area contributed by atoms with Gasteiger partial charge in [-0.1, -0.05) is 30.3 Å². The number of sulfone groups is 1. The molecule has 1 atom stereocenters. The number of nitrogens with zero attached hydrogens (tertiary/aromatic N) is 2. The minimum Gasteiger partial charge on any atom is -0.358 e. The van der Waals surface area contributed by atoms with E-state index < -0.39 is 22.1 Å². The fraction of sp³-hybridized carbons (Fsp3) is 0.222. The summed E-state index contributed by atoms with van der Waals surface area (Å²) in [6, 6.07) is 10.5. The van der Waals surface area contributed by atoms with Crippen molar-refractivity contribution in [3.63, 3.8) is 0 Å². The second kappa shape index (κ2) is 7.15. The van der Waals surface area contributed by atoms with Crippen LogP contribution < -0.4 is 5.32 Å². The highest BCUT2D eigenvalue weighted by atomic mass is 32.2. The zero-order valence-corrected chi connectivity index (χ0v) is 15.1. The van der Waals surface area contributed by atoms with Crippen molar-refractivity contribution in [2.75, 3.05) is 11.6 Å². The van der Waals surface area contributed by atoms with Gasteiger partial charge in [0.15, 0.2) is 9.84 Å². The maximum Gasteiger partial charge on any atom is 0.408 e. The average molecular weight is 395 g/mol. The number of alkyl halides is 3. The van der Waals surface area contributed by atoms with Crippen molar-refractivity contribution in [1.29, 1.82) is 0 Å². The Morgan fingerprint density at radius 2 is 1.78 bits per heavy atom. The van der Waals surface area contributed by atoms with Gasteiger partial charge in [-0.05, 0) is 23.8 Å².